The number of methoxy groups -OCH3 is 1. The Hall–Kier alpha value is -1.71. The first-order valence-corrected chi connectivity index (χ1v) is 7.37. The molecule has 0 spiro atoms. The van der Waals surface area contributed by atoms with Crippen molar-refractivity contribution < 1.29 is 18.1 Å². The number of hydrogen-bond acceptors (Lipinski definition) is 6. The molecule has 1 aromatic carbocycles. The molecule has 0 aliphatic carbocycles. The van der Waals surface area contributed by atoms with E-state index in [-0.39, 0.29) is 23.2 Å². The Balaban J connectivity index is 3.07. The lowest BCUT2D eigenvalue weighted by Crippen LogP contribution is -2.36. The Labute approximate surface area is 117 Å². The molecule has 3 N–H and O–H groups in total. The Bertz CT molecular complexity index is 588. The third-order valence-corrected chi connectivity index (χ3v) is 4.14. The molecule has 0 saturated carbocycles. The second-order valence-corrected chi connectivity index (χ2v) is 5.88. The Morgan fingerprint density at radius 2 is 2.15 bits per heavy atom. The van der Waals surface area contributed by atoms with Crippen molar-refractivity contribution in [3.8, 4) is 5.75 Å². The lowest BCUT2D eigenvalue weighted by atomic mass is 10.2. The topological polar surface area (TPSA) is 125 Å². The van der Waals surface area contributed by atoms with Crippen molar-refractivity contribution >= 4 is 15.7 Å². The maximum absolute atomic E-state index is 12.0. The van der Waals surface area contributed by atoms with Gasteiger partial charge in [0.1, 0.15) is 0 Å². The highest BCUT2D eigenvalue weighted by Gasteiger charge is 2.22. The van der Waals surface area contributed by atoms with E-state index >= 15 is 0 Å². The van der Waals surface area contributed by atoms with Crippen LogP contribution in [0.4, 0.5) is 5.69 Å². The zero-order chi connectivity index (χ0) is 15.3. The lowest BCUT2D eigenvalue weighted by Gasteiger charge is -2.11. The summed E-state index contributed by atoms with van der Waals surface area (Å²) < 4.78 is 31.1. The molecule has 1 unspecified atom stereocenters. The molecule has 9 heteroatoms. The first kappa shape index (κ1) is 16.3. The van der Waals surface area contributed by atoms with Crippen LogP contribution in [-0.2, 0) is 10.0 Å². The highest BCUT2D eigenvalue weighted by molar-refractivity contribution is 7.89. The number of benzene rings is 1. The number of nitrogens with two attached hydrogens (primary N) is 1. The van der Waals surface area contributed by atoms with Crippen molar-refractivity contribution in [3.05, 3.63) is 28.3 Å². The van der Waals surface area contributed by atoms with Crippen LogP contribution in [0, 0.1) is 10.1 Å². The molecule has 0 saturated heterocycles. The number of rotatable bonds is 7. The molecule has 0 aromatic heterocycles. The fourth-order valence-electron chi connectivity index (χ4n) is 1.42. The number of nitro groups is 1. The maximum Gasteiger partial charge on any atom is 0.312 e. The smallest absolute Gasteiger partial charge is 0.312 e. The normalized spacial score (nSPS) is 12.9. The van der Waals surface area contributed by atoms with Gasteiger partial charge in [-0.2, -0.15) is 0 Å². The van der Waals surface area contributed by atoms with Gasteiger partial charge in [-0.3, -0.25) is 10.1 Å². The summed E-state index contributed by atoms with van der Waals surface area (Å²) in [5.74, 6) is -0.000732. The van der Waals surface area contributed by atoms with Crippen molar-refractivity contribution in [2.24, 2.45) is 5.73 Å². The third kappa shape index (κ3) is 3.89. The van der Waals surface area contributed by atoms with Crippen molar-refractivity contribution in [1.82, 2.24) is 4.72 Å². The summed E-state index contributed by atoms with van der Waals surface area (Å²) >= 11 is 0. The van der Waals surface area contributed by atoms with Crippen LogP contribution >= 0.6 is 0 Å². The average molecular weight is 303 g/mol. The molecule has 1 atom stereocenters. The Morgan fingerprint density at radius 1 is 1.50 bits per heavy atom. The summed E-state index contributed by atoms with van der Waals surface area (Å²) in [6.07, 6.45) is 0.616. The van der Waals surface area contributed by atoms with Crippen molar-refractivity contribution in [2.45, 2.75) is 24.3 Å². The summed E-state index contributed by atoms with van der Waals surface area (Å²) in [5.41, 5.74) is 5.22. The number of hydrogen-bond donors (Lipinski definition) is 2. The van der Waals surface area contributed by atoms with E-state index in [0.29, 0.717) is 6.42 Å². The quantitative estimate of drug-likeness (QED) is 0.562. The molecule has 0 amide bonds. The van der Waals surface area contributed by atoms with Gasteiger partial charge >= 0.3 is 5.69 Å². The SMILES string of the molecule is CCC(N)CNS(=O)(=O)c1ccc(OC)c([N+](=O)[O-])c1. The standard InChI is InChI=1S/C11H17N3O5S/c1-3-8(12)7-13-20(17,18)9-4-5-11(19-2)10(6-9)14(15)16/h4-6,8,13H,3,7,12H2,1-2H3. The lowest BCUT2D eigenvalue weighted by molar-refractivity contribution is -0.386. The fourth-order valence-corrected chi connectivity index (χ4v) is 2.54. The van der Waals surface area contributed by atoms with Gasteiger partial charge in [-0.1, -0.05) is 6.92 Å². The number of sulfonamides is 1. The van der Waals surface area contributed by atoms with Gasteiger partial charge in [0.25, 0.3) is 0 Å². The van der Waals surface area contributed by atoms with E-state index in [0.717, 1.165) is 6.07 Å². The van der Waals surface area contributed by atoms with Crippen LogP contribution in [0.3, 0.4) is 0 Å². The predicted octanol–water partition coefficient (Wildman–Crippen LogP) is 0.619. The zero-order valence-electron chi connectivity index (χ0n) is 11.2. The van der Waals surface area contributed by atoms with Crippen LogP contribution in [0.2, 0.25) is 0 Å². The summed E-state index contributed by atoms with van der Waals surface area (Å²) in [5, 5.41) is 10.9. The van der Waals surface area contributed by atoms with Crippen molar-refractivity contribution in [1.29, 1.82) is 0 Å². The van der Waals surface area contributed by atoms with Crippen LogP contribution in [0.5, 0.6) is 5.75 Å². The van der Waals surface area contributed by atoms with Gasteiger partial charge in [-0.15, -0.1) is 0 Å². The molecule has 8 nitrogen and oxygen atoms in total. The third-order valence-electron chi connectivity index (χ3n) is 2.72. The molecular weight excluding hydrogens is 286 g/mol. The number of nitrogens with one attached hydrogen (secondary N) is 1. The summed E-state index contributed by atoms with van der Waals surface area (Å²) in [4.78, 5) is 9.96. The Morgan fingerprint density at radius 3 is 2.65 bits per heavy atom. The minimum atomic E-state index is -3.84. The van der Waals surface area contributed by atoms with E-state index in [1.165, 1.54) is 19.2 Å². The average Bonchev–Trinajstić information content (AvgIpc) is 2.43. The minimum Gasteiger partial charge on any atom is -0.490 e. The first-order valence-electron chi connectivity index (χ1n) is 5.89. The van der Waals surface area contributed by atoms with E-state index in [1.54, 1.807) is 0 Å². The van der Waals surface area contributed by atoms with E-state index in [2.05, 4.69) is 4.72 Å². The Kier molecular flexibility index (Phi) is 5.43. The fraction of sp³-hybridized carbons (Fsp3) is 0.455. The number of ether oxygens (including phenoxy) is 1. The molecule has 1 aromatic rings. The molecule has 0 radical (unpaired) electrons. The maximum atomic E-state index is 12.0. The van der Waals surface area contributed by atoms with Gasteiger partial charge in [-0.05, 0) is 18.6 Å². The second kappa shape index (κ2) is 6.64. The van der Waals surface area contributed by atoms with Crippen molar-refractivity contribution in [3.63, 3.8) is 0 Å². The van der Waals surface area contributed by atoms with Gasteiger partial charge in [0.15, 0.2) is 5.75 Å². The molecule has 0 bridgehead atoms. The molecule has 0 heterocycles. The van der Waals surface area contributed by atoms with E-state index in [1.807, 2.05) is 6.92 Å². The van der Waals surface area contributed by atoms with Gasteiger partial charge < -0.3 is 10.5 Å². The van der Waals surface area contributed by atoms with Crippen molar-refractivity contribution in [2.75, 3.05) is 13.7 Å². The highest BCUT2D eigenvalue weighted by atomic mass is 32.2. The molecule has 0 aliphatic rings. The first-order chi connectivity index (χ1) is 9.31. The van der Waals surface area contributed by atoms with Gasteiger partial charge in [0, 0.05) is 18.7 Å². The molecule has 0 aliphatic heterocycles. The largest absolute Gasteiger partial charge is 0.490 e. The van der Waals surface area contributed by atoms with E-state index in [9.17, 15) is 18.5 Å². The van der Waals surface area contributed by atoms with Gasteiger partial charge in [-0.25, -0.2) is 13.1 Å². The van der Waals surface area contributed by atoms with Crippen LogP contribution < -0.4 is 15.2 Å². The molecule has 112 valence electrons. The minimum absolute atomic E-state index is 0.000732. The summed E-state index contributed by atoms with van der Waals surface area (Å²) in [6, 6.07) is 3.13. The van der Waals surface area contributed by atoms with E-state index < -0.39 is 20.6 Å². The van der Waals surface area contributed by atoms with E-state index in [4.69, 9.17) is 10.5 Å². The summed E-state index contributed by atoms with van der Waals surface area (Å²) in [6.45, 7) is 1.90. The van der Waals surface area contributed by atoms with Crippen LogP contribution in [0.15, 0.2) is 23.1 Å². The molecule has 0 fully saturated rings. The van der Waals surface area contributed by atoms with Gasteiger partial charge in [0.05, 0.1) is 16.9 Å². The number of nitro benzene ring substituents is 1. The highest BCUT2D eigenvalue weighted by Crippen LogP contribution is 2.29. The van der Waals surface area contributed by atoms with Crippen LogP contribution in [0.1, 0.15) is 13.3 Å². The zero-order valence-corrected chi connectivity index (χ0v) is 12.0. The summed E-state index contributed by atoms with van der Waals surface area (Å²) in [7, 11) is -2.56. The second-order valence-electron chi connectivity index (χ2n) is 4.11. The number of nitrogens with zero attached hydrogens (tertiary/aromatic N) is 1. The predicted molar refractivity (Wildman–Crippen MR) is 73.1 cm³/mol. The molecule has 20 heavy (non-hydrogen) atoms. The molecule has 1 rings (SSSR count). The van der Waals surface area contributed by atoms with Gasteiger partial charge in [0.2, 0.25) is 10.0 Å². The van der Waals surface area contributed by atoms with Crippen LogP contribution in [0.25, 0.3) is 0 Å². The van der Waals surface area contributed by atoms with Crippen LogP contribution in [-0.4, -0.2) is 33.0 Å². The monoisotopic (exact) mass is 303 g/mol. The molecular formula is C11H17N3O5S.